The molecule has 0 saturated heterocycles. The number of nitrogens with two attached hydrogens (primary N) is 1. The third-order valence-electron chi connectivity index (χ3n) is 2.52. The number of nitrogens with one attached hydrogen (secondary N) is 1. The molecule has 0 unspecified atom stereocenters. The summed E-state index contributed by atoms with van der Waals surface area (Å²) in [5, 5.41) is 9.56. The Labute approximate surface area is 116 Å². The first-order valence-corrected chi connectivity index (χ1v) is 6.05. The summed E-state index contributed by atoms with van der Waals surface area (Å²) in [6, 6.07) is 10.6. The summed E-state index contributed by atoms with van der Waals surface area (Å²) in [5.74, 6) is 6.46. The van der Waals surface area contributed by atoms with Crippen LogP contribution in [-0.4, -0.2) is 10.1 Å². The number of benzene rings is 1. The Kier molecular flexibility index (Phi) is 4.57. The fraction of sp³-hybridized carbons (Fsp3) is 0.154. The summed E-state index contributed by atoms with van der Waals surface area (Å²) in [5.41, 5.74) is 3.83. The number of hydrogen-bond acceptors (Lipinski definition) is 5. The second kappa shape index (κ2) is 6.38. The summed E-state index contributed by atoms with van der Waals surface area (Å²) >= 11 is 6.03. The molecule has 0 spiro atoms. The van der Waals surface area contributed by atoms with E-state index in [4.69, 9.17) is 27.3 Å². The smallest absolute Gasteiger partial charge is 0.140 e. The third-order valence-corrected chi connectivity index (χ3v) is 2.87. The van der Waals surface area contributed by atoms with Crippen LogP contribution in [0.1, 0.15) is 11.3 Å². The highest BCUT2D eigenvalue weighted by Gasteiger charge is 2.05. The lowest BCUT2D eigenvalue weighted by atomic mass is 10.2. The molecule has 0 amide bonds. The van der Waals surface area contributed by atoms with E-state index in [-0.39, 0.29) is 13.2 Å². The number of anilines is 1. The van der Waals surface area contributed by atoms with Gasteiger partial charge in [-0.05, 0) is 29.8 Å². The minimum atomic E-state index is -0.0250. The van der Waals surface area contributed by atoms with Crippen LogP contribution >= 0.6 is 11.6 Å². The zero-order chi connectivity index (χ0) is 13.7. The highest BCUT2D eigenvalue weighted by atomic mass is 35.5. The molecule has 0 aliphatic rings. The molecule has 19 heavy (non-hydrogen) atoms. The van der Waals surface area contributed by atoms with Crippen molar-refractivity contribution in [1.29, 1.82) is 0 Å². The first-order valence-electron chi connectivity index (χ1n) is 5.67. The lowest BCUT2D eigenvalue weighted by Gasteiger charge is -2.09. The summed E-state index contributed by atoms with van der Waals surface area (Å²) in [6.07, 6.45) is 0. The van der Waals surface area contributed by atoms with Crippen molar-refractivity contribution in [3.8, 4) is 5.75 Å². The molecule has 0 radical (unpaired) electrons. The molecule has 2 rings (SSSR count). The molecule has 0 aliphatic carbocycles. The van der Waals surface area contributed by atoms with Crippen LogP contribution in [0.15, 0.2) is 36.4 Å². The Morgan fingerprint density at radius 2 is 2.16 bits per heavy atom. The number of pyridine rings is 1. The zero-order valence-corrected chi connectivity index (χ0v) is 10.9. The minimum absolute atomic E-state index is 0.0250. The Morgan fingerprint density at radius 3 is 2.89 bits per heavy atom. The molecule has 6 heteroatoms. The molecule has 0 bridgehead atoms. The van der Waals surface area contributed by atoms with Gasteiger partial charge in [0, 0.05) is 0 Å². The Balaban J connectivity index is 2.09. The maximum atomic E-state index is 9.05. The number of aliphatic hydroxyl groups excluding tert-OH is 1. The second-order valence-electron chi connectivity index (χ2n) is 3.86. The van der Waals surface area contributed by atoms with Crippen LogP contribution in [0.25, 0.3) is 0 Å². The summed E-state index contributed by atoms with van der Waals surface area (Å²) in [4.78, 5) is 4.21. The number of nitrogen functional groups attached to an aromatic ring is 1. The van der Waals surface area contributed by atoms with Crippen LogP contribution in [0.2, 0.25) is 5.02 Å². The van der Waals surface area contributed by atoms with Gasteiger partial charge in [-0.1, -0.05) is 23.7 Å². The number of aromatic nitrogens is 1. The normalized spacial score (nSPS) is 10.3. The van der Waals surface area contributed by atoms with Crippen molar-refractivity contribution in [3.63, 3.8) is 0 Å². The predicted octanol–water partition coefficient (Wildman–Crippen LogP) is 2.09. The van der Waals surface area contributed by atoms with Gasteiger partial charge < -0.3 is 15.3 Å². The number of hydrogen-bond donors (Lipinski definition) is 3. The Hall–Kier alpha value is -1.82. The molecule has 1 aromatic carbocycles. The highest BCUT2D eigenvalue weighted by Crippen LogP contribution is 2.19. The third kappa shape index (κ3) is 3.57. The van der Waals surface area contributed by atoms with E-state index in [0.717, 1.165) is 5.56 Å². The quantitative estimate of drug-likeness (QED) is 0.577. The SMILES string of the molecule is NNc1ccc(Cl)c(COc2cccc(CO)c2)n1. The average molecular weight is 280 g/mol. The molecule has 0 fully saturated rings. The number of hydrazine groups is 1. The second-order valence-corrected chi connectivity index (χ2v) is 4.27. The monoisotopic (exact) mass is 279 g/mol. The molecule has 0 atom stereocenters. The molecule has 0 saturated carbocycles. The van der Waals surface area contributed by atoms with Gasteiger partial charge in [-0.25, -0.2) is 10.8 Å². The van der Waals surface area contributed by atoms with Crippen molar-refractivity contribution in [1.82, 2.24) is 4.98 Å². The topological polar surface area (TPSA) is 80.4 Å². The summed E-state index contributed by atoms with van der Waals surface area (Å²) < 4.78 is 5.59. The Bertz CT molecular complexity index is 563. The predicted molar refractivity (Wildman–Crippen MR) is 73.8 cm³/mol. The van der Waals surface area contributed by atoms with Crippen molar-refractivity contribution in [2.45, 2.75) is 13.2 Å². The summed E-state index contributed by atoms with van der Waals surface area (Å²) in [7, 11) is 0. The molecule has 100 valence electrons. The van der Waals surface area contributed by atoms with E-state index in [1.54, 1.807) is 24.3 Å². The molecule has 5 nitrogen and oxygen atoms in total. The number of halogens is 1. The van der Waals surface area contributed by atoms with Crippen molar-refractivity contribution in [3.05, 3.63) is 52.7 Å². The Morgan fingerprint density at radius 1 is 1.32 bits per heavy atom. The maximum absolute atomic E-state index is 9.05. The lowest BCUT2D eigenvalue weighted by Crippen LogP contribution is -2.10. The van der Waals surface area contributed by atoms with Gasteiger partial charge in [0.25, 0.3) is 0 Å². The van der Waals surface area contributed by atoms with E-state index in [9.17, 15) is 0 Å². The van der Waals surface area contributed by atoms with Crippen molar-refractivity contribution in [2.24, 2.45) is 5.84 Å². The van der Waals surface area contributed by atoms with E-state index in [1.165, 1.54) is 0 Å². The number of aliphatic hydroxyl groups is 1. The molecular formula is C13H14ClN3O2. The first kappa shape index (κ1) is 13.6. The highest BCUT2D eigenvalue weighted by molar-refractivity contribution is 6.31. The van der Waals surface area contributed by atoms with Crippen LogP contribution in [-0.2, 0) is 13.2 Å². The lowest BCUT2D eigenvalue weighted by molar-refractivity contribution is 0.277. The zero-order valence-electron chi connectivity index (χ0n) is 10.1. The van der Waals surface area contributed by atoms with Gasteiger partial charge >= 0.3 is 0 Å². The van der Waals surface area contributed by atoms with Crippen LogP contribution in [0.3, 0.4) is 0 Å². The fourth-order valence-electron chi connectivity index (χ4n) is 1.55. The number of ether oxygens (including phenoxy) is 1. The largest absolute Gasteiger partial charge is 0.487 e. The van der Waals surface area contributed by atoms with Crippen LogP contribution < -0.4 is 16.0 Å². The van der Waals surface area contributed by atoms with Gasteiger partial charge in [0.05, 0.1) is 17.3 Å². The van der Waals surface area contributed by atoms with E-state index in [2.05, 4.69) is 10.4 Å². The van der Waals surface area contributed by atoms with E-state index in [0.29, 0.717) is 22.3 Å². The van der Waals surface area contributed by atoms with Gasteiger partial charge in [-0.3, -0.25) is 0 Å². The van der Waals surface area contributed by atoms with E-state index < -0.39 is 0 Å². The van der Waals surface area contributed by atoms with Gasteiger partial charge in [-0.15, -0.1) is 0 Å². The number of rotatable bonds is 5. The molecule has 4 N–H and O–H groups in total. The minimum Gasteiger partial charge on any atom is -0.487 e. The van der Waals surface area contributed by atoms with Crippen LogP contribution in [0.4, 0.5) is 5.82 Å². The number of nitrogens with zero attached hydrogens (tertiary/aromatic N) is 1. The van der Waals surface area contributed by atoms with Gasteiger partial charge in [0.1, 0.15) is 18.2 Å². The molecule has 2 aromatic rings. The maximum Gasteiger partial charge on any atom is 0.140 e. The first-order chi connectivity index (χ1) is 9.22. The van der Waals surface area contributed by atoms with Crippen molar-refractivity contribution >= 4 is 17.4 Å². The van der Waals surface area contributed by atoms with E-state index >= 15 is 0 Å². The van der Waals surface area contributed by atoms with Crippen LogP contribution in [0, 0.1) is 0 Å². The van der Waals surface area contributed by atoms with Gasteiger partial charge in [0.15, 0.2) is 0 Å². The molecule has 0 aliphatic heterocycles. The average Bonchev–Trinajstić information content (AvgIpc) is 2.46. The van der Waals surface area contributed by atoms with Crippen molar-refractivity contribution in [2.75, 3.05) is 5.43 Å². The summed E-state index contributed by atoms with van der Waals surface area (Å²) in [6.45, 7) is 0.200. The molecule has 1 heterocycles. The molecular weight excluding hydrogens is 266 g/mol. The van der Waals surface area contributed by atoms with Gasteiger partial charge in [0.2, 0.25) is 0 Å². The van der Waals surface area contributed by atoms with Crippen molar-refractivity contribution < 1.29 is 9.84 Å². The fourth-order valence-corrected chi connectivity index (χ4v) is 1.71. The standard InChI is InChI=1S/C13H14ClN3O2/c14-11-4-5-13(17-15)16-12(11)8-19-10-3-1-2-9(6-10)7-18/h1-6,18H,7-8,15H2,(H,16,17). The van der Waals surface area contributed by atoms with E-state index in [1.807, 2.05) is 12.1 Å². The van der Waals surface area contributed by atoms with Gasteiger partial charge in [-0.2, -0.15) is 0 Å². The van der Waals surface area contributed by atoms with Crippen LogP contribution in [0.5, 0.6) is 5.75 Å². The molecule has 1 aromatic heterocycles.